The molecular formula is C27H21N5O5S. The van der Waals surface area contributed by atoms with E-state index in [-0.39, 0.29) is 40.5 Å². The van der Waals surface area contributed by atoms with Gasteiger partial charge in [0.1, 0.15) is 30.8 Å². The summed E-state index contributed by atoms with van der Waals surface area (Å²) < 4.78 is 11.5. The Bertz CT molecular complexity index is 1510. The Morgan fingerprint density at radius 3 is 2.53 bits per heavy atom. The van der Waals surface area contributed by atoms with Crippen LogP contribution in [0.15, 0.2) is 72.8 Å². The third kappa shape index (κ3) is 6.77. The first-order valence-corrected chi connectivity index (χ1v) is 12.2. The predicted molar refractivity (Wildman–Crippen MR) is 143 cm³/mol. The minimum absolute atomic E-state index is 0.101. The predicted octanol–water partition coefficient (Wildman–Crippen LogP) is 5.53. The van der Waals surface area contributed by atoms with Crippen molar-refractivity contribution in [2.75, 3.05) is 18.5 Å². The lowest BCUT2D eigenvalue weighted by molar-refractivity contribution is -0.384. The summed E-state index contributed by atoms with van der Waals surface area (Å²) in [5, 5.41) is 32.2. The molecule has 1 aromatic heterocycles. The number of nitro groups is 1. The number of benzene rings is 3. The molecule has 1 N–H and O–H groups in total. The molecule has 0 saturated heterocycles. The molecule has 0 radical (unpaired) electrons. The quantitative estimate of drug-likeness (QED) is 0.123. The lowest BCUT2D eigenvalue weighted by Gasteiger charge is -2.11. The highest BCUT2D eigenvalue weighted by molar-refractivity contribution is 7.16. The molecule has 4 aromatic rings. The minimum Gasteiger partial charge on any atom is -0.490 e. The van der Waals surface area contributed by atoms with Gasteiger partial charge in [-0.25, -0.2) is 0 Å². The summed E-state index contributed by atoms with van der Waals surface area (Å²) in [5.74, 6) is 0.664. The normalized spacial score (nSPS) is 10.9. The fourth-order valence-electron chi connectivity index (χ4n) is 3.28. The monoisotopic (exact) mass is 527 g/mol. The van der Waals surface area contributed by atoms with Crippen LogP contribution in [0.3, 0.4) is 0 Å². The van der Waals surface area contributed by atoms with Gasteiger partial charge < -0.3 is 9.47 Å². The minimum atomic E-state index is -0.532. The van der Waals surface area contributed by atoms with Crippen molar-refractivity contribution in [2.24, 2.45) is 0 Å². The average molecular weight is 528 g/mol. The number of allylic oxidation sites excluding steroid dienone is 1. The molecular weight excluding hydrogens is 506 g/mol. The van der Waals surface area contributed by atoms with E-state index >= 15 is 0 Å². The molecule has 0 saturated carbocycles. The van der Waals surface area contributed by atoms with Crippen molar-refractivity contribution < 1.29 is 19.2 Å². The van der Waals surface area contributed by atoms with Crippen molar-refractivity contribution in [2.45, 2.75) is 6.92 Å². The van der Waals surface area contributed by atoms with Crippen molar-refractivity contribution in [1.82, 2.24) is 10.2 Å². The van der Waals surface area contributed by atoms with Crippen molar-refractivity contribution in [1.29, 1.82) is 5.26 Å². The third-order valence-corrected chi connectivity index (χ3v) is 6.04. The van der Waals surface area contributed by atoms with Crippen LogP contribution < -0.4 is 14.8 Å². The summed E-state index contributed by atoms with van der Waals surface area (Å²) >= 11 is 1.00. The van der Waals surface area contributed by atoms with Gasteiger partial charge in [-0.1, -0.05) is 47.2 Å². The molecule has 0 bridgehead atoms. The number of amides is 1. The lowest BCUT2D eigenvalue weighted by atomic mass is 10.1. The Hall–Kier alpha value is -5.08. The van der Waals surface area contributed by atoms with Gasteiger partial charge in [0.2, 0.25) is 5.13 Å². The number of non-ortho nitro benzene ring substituents is 1. The number of hydrogen-bond acceptors (Lipinski definition) is 9. The summed E-state index contributed by atoms with van der Waals surface area (Å²) in [6, 6.07) is 22.3. The van der Waals surface area contributed by atoms with E-state index in [1.54, 1.807) is 30.3 Å². The Labute approximate surface area is 221 Å². The van der Waals surface area contributed by atoms with Crippen LogP contribution in [0.1, 0.15) is 26.5 Å². The molecule has 10 nitrogen and oxygen atoms in total. The first kappa shape index (κ1) is 26.0. The van der Waals surface area contributed by atoms with Crippen LogP contribution in [-0.2, 0) is 0 Å². The van der Waals surface area contributed by atoms with E-state index < -0.39 is 4.92 Å². The van der Waals surface area contributed by atoms with E-state index in [0.717, 1.165) is 16.9 Å². The Morgan fingerprint density at radius 1 is 1.08 bits per heavy atom. The summed E-state index contributed by atoms with van der Waals surface area (Å²) in [6.07, 6.45) is 1.44. The van der Waals surface area contributed by atoms with Crippen LogP contribution in [0.4, 0.5) is 10.8 Å². The van der Waals surface area contributed by atoms with Crippen LogP contribution in [0.25, 0.3) is 11.6 Å². The number of aromatic nitrogens is 2. The number of aryl methyl sites for hydroxylation is 1. The van der Waals surface area contributed by atoms with E-state index in [2.05, 4.69) is 15.5 Å². The molecule has 0 aliphatic heterocycles. The smallest absolute Gasteiger partial charge is 0.270 e. The average Bonchev–Trinajstić information content (AvgIpc) is 3.39. The number of hydrogen-bond donors (Lipinski definition) is 1. The SMILES string of the molecule is Cc1ccc(OCCOc2ccc([N+](=O)[O-])cc2/C=C(\C#N)c2nnc(NC(=O)c3ccccc3)s2)cc1. The number of nitro benzene ring substituents is 1. The zero-order valence-electron chi connectivity index (χ0n) is 20.2. The van der Waals surface area contributed by atoms with Gasteiger partial charge >= 0.3 is 0 Å². The number of nitriles is 1. The van der Waals surface area contributed by atoms with Gasteiger partial charge in [0.25, 0.3) is 11.6 Å². The summed E-state index contributed by atoms with van der Waals surface area (Å²) in [7, 11) is 0. The van der Waals surface area contributed by atoms with E-state index in [4.69, 9.17) is 9.47 Å². The maximum absolute atomic E-state index is 12.4. The second kappa shape index (κ2) is 12.2. The lowest BCUT2D eigenvalue weighted by Crippen LogP contribution is -2.11. The van der Waals surface area contributed by atoms with E-state index in [1.807, 2.05) is 37.3 Å². The zero-order valence-corrected chi connectivity index (χ0v) is 21.0. The highest BCUT2D eigenvalue weighted by Gasteiger charge is 2.16. The van der Waals surface area contributed by atoms with E-state index in [9.17, 15) is 20.2 Å². The van der Waals surface area contributed by atoms with Crippen molar-refractivity contribution >= 4 is 39.7 Å². The molecule has 0 unspecified atom stereocenters. The second-order valence-corrected chi connectivity index (χ2v) is 8.87. The van der Waals surface area contributed by atoms with Gasteiger partial charge in [-0.05, 0) is 43.3 Å². The Morgan fingerprint density at radius 2 is 1.82 bits per heavy atom. The van der Waals surface area contributed by atoms with Gasteiger partial charge in [-0.15, -0.1) is 10.2 Å². The van der Waals surface area contributed by atoms with Crippen LogP contribution in [0.5, 0.6) is 11.5 Å². The molecule has 11 heteroatoms. The molecule has 3 aromatic carbocycles. The molecule has 0 spiro atoms. The first-order chi connectivity index (χ1) is 18.4. The summed E-state index contributed by atoms with van der Waals surface area (Å²) in [6.45, 7) is 2.40. The number of carbonyl (C=O) groups excluding carboxylic acids is 1. The second-order valence-electron chi connectivity index (χ2n) is 7.89. The number of rotatable bonds is 10. The van der Waals surface area contributed by atoms with E-state index in [1.165, 1.54) is 24.3 Å². The number of anilines is 1. The van der Waals surface area contributed by atoms with Crippen LogP contribution in [0.2, 0.25) is 0 Å². The Kier molecular flexibility index (Phi) is 8.38. The van der Waals surface area contributed by atoms with Crippen LogP contribution >= 0.6 is 11.3 Å². The topological polar surface area (TPSA) is 140 Å². The molecule has 1 amide bonds. The van der Waals surface area contributed by atoms with Crippen molar-refractivity contribution in [3.63, 3.8) is 0 Å². The molecule has 0 aliphatic carbocycles. The molecule has 0 aliphatic rings. The number of nitrogens with zero attached hydrogens (tertiary/aromatic N) is 4. The maximum Gasteiger partial charge on any atom is 0.270 e. The van der Waals surface area contributed by atoms with Gasteiger partial charge in [0.05, 0.1) is 10.5 Å². The van der Waals surface area contributed by atoms with Gasteiger partial charge in [-0.3, -0.25) is 20.2 Å². The summed E-state index contributed by atoms with van der Waals surface area (Å²) in [4.78, 5) is 23.2. The molecule has 190 valence electrons. The molecule has 4 rings (SSSR count). The zero-order chi connectivity index (χ0) is 26.9. The largest absolute Gasteiger partial charge is 0.490 e. The van der Waals surface area contributed by atoms with Gasteiger partial charge in [-0.2, -0.15) is 5.26 Å². The van der Waals surface area contributed by atoms with Crippen molar-refractivity contribution in [3.8, 4) is 17.6 Å². The first-order valence-electron chi connectivity index (χ1n) is 11.4. The Balaban J connectivity index is 1.50. The van der Waals surface area contributed by atoms with Crippen LogP contribution in [0, 0.1) is 28.4 Å². The van der Waals surface area contributed by atoms with Crippen LogP contribution in [-0.4, -0.2) is 34.2 Å². The van der Waals surface area contributed by atoms with Gasteiger partial charge in [0.15, 0.2) is 5.01 Å². The highest BCUT2D eigenvalue weighted by Crippen LogP contribution is 2.30. The number of ether oxygens (including phenoxy) is 2. The van der Waals surface area contributed by atoms with E-state index in [0.29, 0.717) is 22.6 Å². The van der Waals surface area contributed by atoms with Gasteiger partial charge in [0, 0.05) is 23.3 Å². The van der Waals surface area contributed by atoms with Crippen molar-refractivity contribution in [3.05, 3.63) is 105 Å². The molecule has 1 heterocycles. The molecule has 38 heavy (non-hydrogen) atoms. The summed E-state index contributed by atoms with van der Waals surface area (Å²) in [5.41, 5.74) is 1.82. The number of carbonyl (C=O) groups is 1. The number of nitrogens with one attached hydrogen (secondary N) is 1. The third-order valence-electron chi connectivity index (χ3n) is 5.17. The molecule has 0 fully saturated rings. The fraction of sp³-hybridized carbons (Fsp3) is 0.111. The molecule has 0 atom stereocenters. The maximum atomic E-state index is 12.4. The highest BCUT2D eigenvalue weighted by atomic mass is 32.1. The standard InChI is InChI=1S/C27H21N5O5S/c1-18-7-10-23(11-8-18)36-13-14-37-24-12-9-22(32(34)35)16-20(24)15-21(17-28)26-30-31-27(38-26)29-25(33)19-5-3-2-4-6-19/h2-12,15-16H,13-14H2,1H3,(H,29,31,33)/b21-15+. The fourth-order valence-corrected chi connectivity index (χ4v) is 3.98.